The second-order valence-corrected chi connectivity index (χ2v) is 5.02. The highest BCUT2D eigenvalue weighted by molar-refractivity contribution is 7.20. The van der Waals surface area contributed by atoms with Crippen LogP contribution in [0.25, 0.3) is 10.2 Å². The Morgan fingerprint density at radius 2 is 2.31 bits per heavy atom. The summed E-state index contributed by atoms with van der Waals surface area (Å²) in [5, 5.41) is 14.5. The number of hydrogen-bond acceptors (Lipinski definition) is 3. The van der Waals surface area contributed by atoms with Crippen LogP contribution >= 0.6 is 11.3 Å². The van der Waals surface area contributed by atoms with Gasteiger partial charge in [0.15, 0.2) is 0 Å². The molecular weight excluding hydrogens is 224 g/mol. The van der Waals surface area contributed by atoms with E-state index < -0.39 is 5.97 Å². The van der Waals surface area contributed by atoms with Gasteiger partial charge in [-0.25, -0.2) is 4.79 Å². The summed E-state index contributed by atoms with van der Waals surface area (Å²) in [6.07, 6.45) is 0. The first-order chi connectivity index (χ1) is 7.54. The van der Waals surface area contributed by atoms with Gasteiger partial charge in [-0.05, 0) is 18.9 Å². The summed E-state index contributed by atoms with van der Waals surface area (Å²) in [6, 6.07) is 1.73. The van der Waals surface area contributed by atoms with Crippen LogP contribution in [0.4, 0.5) is 0 Å². The molecule has 0 amide bonds. The van der Waals surface area contributed by atoms with Gasteiger partial charge in [-0.3, -0.25) is 4.68 Å². The van der Waals surface area contributed by atoms with Gasteiger partial charge in [0.1, 0.15) is 9.71 Å². The molecule has 0 unspecified atom stereocenters. The smallest absolute Gasteiger partial charge is 0.345 e. The molecule has 0 aliphatic carbocycles. The molecule has 0 aliphatic rings. The van der Waals surface area contributed by atoms with Crippen molar-refractivity contribution in [1.29, 1.82) is 0 Å². The Balaban J connectivity index is 2.69. The number of aromatic carboxylic acids is 1. The molecule has 0 aliphatic heterocycles. The maximum absolute atomic E-state index is 10.9. The van der Waals surface area contributed by atoms with E-state index in [0.29, 0.717) is 10.8 Å². The lowest BCUT2D eigenvalue weighted by Gasteiger charge is -1.99. The number of carboxylic acids is 1. The average Bonchev–Trinajstić information content (AvgIpc) is 2.73. The van der Waals surface area contributed by atoms with Crippen molar-refractivity contribution in [2.24, 2.45) is 0 Å². The first-order valence-corrected chi connectivity index (χ1v) is 6.09. The van der Waals surface area contributed by atoms with E-state index >= 15 is 0 Å². The normalized spacial score (nSPS) is 11.5. The third-order valence-electron chi connectivity index (χ3n) is 2.51. The number of aryl methyl sites for hydroxylation is 1. The Kier molecular flexibility index (Phi) is 2.71. The largest absolute Gasteiger partial charge is 0.477 e. The lowest BCUT2D eigenvalue weighted by Crippen LogP contribution is -1.98. The van der Waals surface area contributed by atoms with E-state index in [4.69, 9.17) is 5.11 Å². The molecule has 0 spiro atoms. The SMILES string of the molecule is CCn1nc(C(C)C)c2cc(C(=O)O)sc21. The standard InChI is InChI=1S/C11H14N2O2S/c1-4-13-10-7(9(12-13)6(2)3)5-8(16-10)11(14)15/h5-6H,4H2,1-3H3,(H,14,15). The molecule has 86 valence electrons. The predicted octanol–water partition coefficient (Wildman–Crippen LogP) is 2.94. The van der Waals surface area contributed by atoms with Crippen LogP contribution in [0.3, 0.4) is 0 Å². The van der Waals surface area contributed by atoms with Crippen LogP contribution in [0.2, 0.25) is 0 Å². The summed E-state index contributed by atoms with van der Waals surface area (Å²) >= 11 is 1.30. The number of aromatic nitrogens is 2. The first-order valence-electron chi connectivity index (χ1n) is 5.28. The average molecular weight is 238 g/mol. The van der Waals surface area contributed by atoms with Crippen molar-refractivity contribution < 1.29 is 9.90 Å². The van der Waals surface area contributed by atoms with Crippen LogP contribution < -0.4 is 0 Å². The van der Waals surface area contributed by atoms with Gasteiger partial charge in [-0.15, -0.1) is 11.3 Å². The number of hydrogen-bond donors (Lipinski definition) is 1. The van der Waals surface area contributed by atoms with E-state index in [0.717, 1.165) is 22.5 Å². The Morgan fingerprint density at radius 3 is 2.81 bits per heavy atom. The summed E-state index contributed by atoms with van der Waals surface area (Å²) in [6.45, 7) is 6.92. The van der Waals surface area contributed by atoms with Crippen molar-refractivity contribution in [3.63, 3.8) is 0 Å². The quantitative estimate of drug-likeness (QED) is 0.894. The van der Waals surface area contributed by atoms with Gasteiger partial charge in [0.05, 0.1) is 5.69 Å². The summed E-state index contributed by atoms with van der Waals surface area (Å²) in [5.74, 6) is -0.551. The van der Waals surface area contributed by atoms with Gasteiger partial charge >= 0.3 is 5.97 Å². The molecule has 2 aromatic heterocycles. The van der Waals surface area contributed by atoms with Crippen molar-refractivity contribution in [1.82, 2.24) is 9.78 Å². The Labute approximate surface area is 97.5 Å². The third kappa shape index (κ3) is 1.61. The lowest BCUT2D eigenvalue weighted by molar-refractivity contribution is 0.0702. The first kappa shape index (κ1) is 11.1. The Hall–Kier alpha value is -1.36. The molecule has 5 heteroatoms. The molecule has 2 heterocycles. The van der Waals surface area contributed by atoms with Gasteiger partial charge < -0.3 is 5.11 Å². The fraction of sp³-hybridized carbons (Fsp3) is 0.455. The molecule has 4 nitrogen and oxygen atoms in total. The third-order valence-corrected chi connectivity index (χ3v) is 3.64. The number of rotatable bonds is 3. The maximum atomic E-state index is 10.9. The van der Waals surface area contributed by atoms with Gasteiger partial charge in [0.2, 0.25) is 0 Å². The molecule has 0 saturated carbocycles. The predicted molar refractivity (Wildman–Crippen MR) is 64.3 cm³/mol. The van der Waals surface area contributed by atoms with E-state index in [9.17, 15) is 4.79 Å². The highest BCUT2D eigenvalue weighted by atomic mass is 32.1. The molecule has 0 fully saturated rings. The van der Waals surface area contributed by atoms with Crippen LogP contribution in [-0.2, 0) is 6.54 Å². The van der Waals surface area contributed by atoms with Crippen LogP contribution in [0.5, 0.6) is 0 Å². The number of nitrogens with zero attached hydrogens (tertiary/aromatic N) is 2. The van der Waals surface area contributed by atoms with Gasteiger partial charge in [0.25, 0.3) is 0 Å². The minimum Gasteiger partial charge on any atom is -0.477 e. The zero-order valence-corrected chi connectivity index (χ0v) is 10.3. The van der Waals surface area contributed by atoms with E-state index in [1.807, 2.05) is 11.6 Å². The molecule has 0 atom stereocenters. The van der Waals surface area contributed by atoms with Crippen molar-refractivity contribution in [2.45, 2.75) is 33.2 Å². The molecule has 2 aromatic rings. The Bertz CT molecular complexity index is 539. The van der Waals surface area contributed by atoms with E-state index in [1.165, 1.54) is 11.3 Å². The fourth-order valence-electron chi connectivity index (χ4n) is 1.73. The Morgan fingerprint density at radius 1 is 1.62 bits per heavy atom. The number of fused-ring (bicyclic) bond motifs is 1. The van der Waals surface area contributed by atoms with Gasteiger partial charge in [-0.2, -0.15) is 5.10 Å². The minimum absolute atomic E-state index is 0.312. The summed E-state index contributed by atoms with van der Waals surface area (Å²) in [7, 11) is 0. The highest BCUT2D eigenvalue weighted by Crippen LogP contribution is 2.31. The van der Waals surface area contributed by atoms with E-state index in [-0.39, 0.29) is 0 Å². The molecule has 0 aromatic carbocycles. The van der Waals surface area contributed by atoms with Gasteiger partial charge in [-0.1, -0.05) is 13.8 Å². The second-order valence-electron chi connectivity index (χ2n) is 3.99. The number of carboxylic acid groups (broad SMARTS) is 1. The molecule has 2 rings (SSSR count). The monoisotopic (exact) mass is 238 g/mol. The maximum Gasteiger partial charge on any atom is 0.345 e. The molecular formula is C11H14N2O2S. The summed E-state index contributed by atoms with van der Waals surface area (Å²) < 4.78 is 1.88. The lowest BCUT2D eigenvalue weighted by atomic mass is 10.1. The molecule has 16 heavy (non-hydrogen) atoms. The fourth-order valence-corrected chi connectivity index (χ4v) is 2.75. The summed E-state index contributed by atoms with van der Waals surface area (Å²) in [5.41, 5.74) is 0.987. The zero-order valence-electron chi connectivity index (χ0n) is 9.52. The second kappa shape index (κ2) is 3.90. The highest BCUT2D eigenvalue weighted by Gasteiger charge is 2.18. The summed E-state index contributed by atoms with van der Waals surface area (Å²) in [4.78, 5) is 12.3. The number of thiophene rings is 1. The van der Waals surface area contributed by atoms with Gasteiger partial charge in [0, 0.05) is 11.9 Å². The molecule has 0 bridgehead atoms. The zero-order chi connectivity index (χ0) is 11.9. The topological polar surface area (TPSA) is 55.1 Å². The van der Waals surface area contributed by atoms with E-state index in [2.05, 4.69) is 18.9 Å². The molecule has 1 N–H and O–H groups in total. The van der Waals surface area contributed by atoms with Crippen LogP contribution in [0.15, 0.2) is 6.07 Å². The van der Waals surface area contributed by atoms with Crippen LogP contribution in [-0.4, -0.2) is 20.9 Å². The van der Waals surface area contributed by atoms with Crippen molar-refractivity contribution in [3.8, 4) is 0 Å². The minimum atomic E-state index is -0.862. The molecule has 0 saturated heterocycles. The molecule has 0 radical (unpaired) electrons. The van der Waals surface area contributed by atoms with Crippen molar-refractivity contribution in [3.05, 3.63) is 16.6 Å². The van der Waals surface area contributed by atoms with Crippen LogP contribution in [0, 0.1) is 0 Å². The van der Waals surface area contributed by atoms with Crippen LogP contribution in [0.1, 0.15) is 42.1 Å². The number of carbonyl (C=O) groups is 1. The van der Waals surface area contributed by atoms with Crippen molar-refractivity contribution in [2.75, 3.05) is 0 Å². The van der Waals surface area contributed by atoms with E-state index in [1.54, 1.807) is 6.07 Å². The van der Waals surface area contributed by atoms with Crippen molar-refractivity contribution >= 4 is 27.5 Å².